The number of nitrogens with zero attached hydrogens (tertiary/aromatic N) is 3. The van der Waals surface area contributed by atoms with Gasteiger partial charge in [-0.2, -0.15) is 5.10 Å². The Morgan fingerprint density at radius 3 is 2.69 bits per heavy atom. The predicted molar refractivity (Wildman–Crippen MR) is 101 cm³/mol. The molecule has 0 fully saturated rings. The average molecular weight is 346 g/mol. The van der Waals surface area contributed by atoms with E-state index < -0.39 is 0 Å². The maximum absolute atomic E-state index is 14.1. The van der Waals surface area contributed by atoms with Crippen molar-refractivity contribution in [2.45, 2.75) is 33.2 Å². The van der Waals surface area contributed by atoms with Crippen LogP contribution in [0.1, 0.15) is 23.4 Å². The van der Waals surface area contributed by atoms with Gasteiger partial charge in [-0.15, -0.1) is 0 Å². The highest BCUT2D eigenvalue weighted by molar-refractivity contribution is 5.87. The van der Waals surface area contributed by atoms with E-state index in [1.54, 1.807) is 0 Å². The fraction of sp³-hybridized carbons (Fsp3) is 0.238. The van der Waals surface area contributed by atoms with E-state index in [0.717, 1.165) is 58.6 Å². The van der Waals surface area contributed by atoms with Gasteiger partial charge in [0, 0.05) is 29.5 Å². The molecule has 0 unspecified atom stereocenters. The van der Waals surface area contributed by atoms with E-state index in [2.05, 4.69) is 33.0 Å². The zero-order chi connectivity index (χ0) is 17.8. The molecule has 130 valence electrons. The summed E-state index contributed by atoms with van der Waals surface area (Å²) in [7, 11) is 0. The number of hydrogen-bond acceptors (Lipinski definition) is 2. The van der Waals surface area contributed by atoms with Gasteiger partial charge in [-0.1, -0.05) is 6.07 Å². The van der Waals surface area contributed by atoms with Crippen molar-refractivity contribution in [2.24, 2.45) is 0 Å². The van der Waals surface area contributed by atoms with Gasteiger partial charge >= 0.3 is 0 Å². The molecule has 0 amide bonds. The third-order valence-corrected chi connectivity index (χ3v) is 5.25. The first-order valence-electron chi connectivity index (χ1n) is 8.92. The average Bonchev–Trinajstić information content (AvgIpc) is 3.33. The smallest absolute Gasteiger partial charge is 0.129 e. The van der Waals surface area contributed by atoms with Crippen LogP contribution in [0, 0.1) is 19.7 Å². The van der Waals surface area contributed by atoms with E-state index in [0.29, 0.717) is 11.1 Å². The highest BCUT2D eigenvalue weighted by atomic mass is 19.1. The Labute approximate surface area is 150 Å². The van der Waals surface area contributed by atoms with Crippen molar-refractivity contribution in [1.82, 2.24) is 19.7 Å². The minimum Gasteiger partial charge on any atom is -0.327 e. The monoisotopic (exact) mass is 346 g/mol. The van der Waals surface area contributed by atoms with Crippen LogP contribution >= 0.6 is 0 Å². The van der Waals surface area contributed by atoms with Gasteiger partial charge in [0.05, 0.1) is 23.1 Å². The molecule has 3 heterocycles. The van der Waals surface area contributed by atoms with Crippen LogP contribution in [0.2, 0.25) is 0 Å². The van der Waals surface area contributed by atoms with Gasteiger partial charge in [0.25, 0.3) is 0 Å². The first-order chi connectivity index (χ1) is 12.6. The molecule has 0 saturated heterocycles. The zero-order valence-electron chi connectivity index (χ0n) is 14.8. The van der Waals surface area contributed by atoms with Crippen LogP contribution in [-0.2, 0) is 13.0 Å². The Hall–Kier alpha value is -2.95. The molecule has 26 heavy (non-hydrogen) atoms. The third-order valence-electron chi connectivity index (χ3n) is 5.25. The molecule has 1 N–H and O–H groups in total. The molecule has 4 nitrogen and oxygen atoms in total. The number of fused-ring (bicyclic) bond motifs is 2. The van der Waals surface area contributed by atoms with Crippen molar-refractivity contribution >= 4 is 10.9 Å². The van der Waals surface area contributed by atoms with E-state index in [1.807, 2.05) is 32.2 Å². The van der Waals surface area contributed by atoms with Gasteiger partial charge in [0.15, 0.2) is 0 Å². The summed E-state index contributed by atoms with van der Waals surface area (Å²) in [6.45, 7) is 4.60. The van der Waals surface area contributed by atoms with Gasteiger partial charge in [0.1, 0.15) is 11.6 Å². The first-order valence-corrected chi connectivity index (χ1v) is 8.92. The molecule has 1 aliphatic rings. The molecule has 0 saturated carbocycles. The molecule has 0 bridgehead atoms. The molecule has 1 aliphatic heterocycles. The van der Waals surface area contributed by atoms with Crippen molar-refractivity contribution in [1.29, 1.82) is 0 Å². The van der Waals surface area contributed by atoms with Gasteiger partial charge in [-0.3, -0.25) is 5.10 Å². The lowest BCUT2D eigenvalue weighted by Crippen LogP contribution is -1.97. The molecule has 0 radical (unpaired) electrons. The molecule has 0 spiro atoms. The van der Waals surface area contributed by atoms with Gasteiger partial charge < -0.3 is 4.57 Å². The summed E-state index contributed by atoms with van der Waals surface area (Å²) < 4.78 is 16.4. The van der Waals surface area contributed by atoms with Crippen molar-refractivity contribution < 1.29 is 4.39 Å². The van der Waals surface area contributed by atoms with Crippen LogP contribution in [-0.4, -0.2) is 19.7 Å². The number of H-pyrrole nitrogens is 1. The number of hydrogen-bond donors (Lipinski definition) is 1. The molecule has 2 aromatic carbocycles. The fourth-order valence-corrected chi connectivity index (χ4v) is 3.99. The maximum atomic E-state index is 14.1. The van der Waals surface area contributed by atoms with Crippen LogP contribution < -0.4 is 0 Å². The van der Waals surface area contributed by atoms with Crippen molar-refractivity contribution in [2.75, 3.05) is 0 Å². The number of nitrogens with one attached hydrogen (secondary N) is 1. The Morgan fingerprint density at radius 2 is 1.88 bits per heavy atom. The number of aromatic amines is 1. The summed E-state index contributed by atoms with van der Waals surface area (Å²) in [5.41, 5.74) is 6.48. The van der Waals surface area contributed by atoms with E-state index >= 15 is 0 Å². The van der Waals surface area contributed by atoms with E-state index in [-0.39, 0.29) is 5.82 Å². The summed E-state index contributed by atoms with van der Waals surface area (Å²) >= 11 is 0. The number of benzene rings is 2. The molecule has 0 atom stereocenters. The van der Waals surface area contributed by atoms with Gasteiger partial charge in [-0.05, 0) is 55.7 Å². The second-order valence-electron chi connectivity index (χ2n) is 7.08. The Kier molecular flexibility index (Phi) is 3.26. The molecule has 5 rings (SSSR count). The van der Waals surface area contributed by atoms with Crippen LogP contribution in [0.5, 0.6) is 0 Å². The summed E-state index contributed by atoms with van der Waals surface area (Å²) in [4.78, 5) is 4.93. The number of imidazole rings is 1. The zero-order valence-corrected chi connectivity index (χ0v) is 14.8. The Morgan fingerprint density at radius 1 is 1.08 bits per heavy atom. The Balaban J connectivity index is 1.77. The predicted octanol–water partition coefficient (Wildman–Crippen LogP) is 4.80. The van der Waals surface area contributed by atoms with Crippen LogP contribution in [0.25, 0.3) is 33.4 Å². The highest BCUT2D eigenvalue weighted by Crippen LogP contribution is 2.37. The first kappa shape index (κ1) is 15.3. The number of aryl methyl sites for hydroxylation is 3. The number of aromatic nitrogens is 4. The van der Waals surface area contributed by atoms with Crippen LogP contribution in [0.15, 0.2) is 36.5 Å². The van der Waals surface area contributed by atoms with E-state index in [4.69, 9.17) is 4.98 Å². The summed E-state index contributed by atoms with van der Waals surface area (Å²) in [6.07, 6.45) is 3.94. The quantitative estimate of drug-likeness (QED) is 0.567. The molecular formula is C21H19FN4. The lowest BCUT2D eigenvalue weighted by Gasteiger charge is -2.11. The van der Waals surface area contributed by atoms with E-state index in [1.165, 1.54) is 0 Å². The normalized spacial score (nSPS) is 13.5. The molecule has 5 heteroatoms. The molecule has 4 aromatic rings. The maximum Gasteiger partial charge on any atom is 0.129 e. The summed E-state index contributed by atoms with van der Waals surface area (Å²) in [5.74, 6) is 0.976. The van der Waals surface area contributed by atoms with Crippen LogP contribution in [0.3, 0.4) is 0 Å². The molecular weight excluding hydrogens is 327 g/mol. The van der Waals surface area contributed by atoms with Crippen molar-refractivity contribution in [3.05, 3.63) is 59.3 Å². The van der Waals surface area contributed by atoms with Crippen molar-refractivity contribution in [3.63, 3.8) is 0 Å². The van der Waals surface area contributed by atoms with Gasteiger partial charge in [-0.25, -0.2) is 9.37 Å². The SMILES string of the molecule is Cc1cc(-c2nc3n(c2-c2ccc4[nH]ncc4c2)CCC3)cc(C)c1F. The highest BCUT2D eigenvalue weighted by Gasteiger charge is 2.24. The fourth-order valence-electron chi connectivity index (χ4n) is 3.99. The van der Waals surface area contributed by atoms with Gasteiger partial charge in [0.2, 0.25) is 0 Å². The van der Waals surface area contributed by atoms with E-state index in [9.17, 15) is 4.39 Å². The summed E-state index contributed by atoms with van der Waals surface area (Å²) in [6, 6.07) is 10.1. The number of rotatable bonds is 2. The lowest BCUT2D eigenvalue weighted by atomic mass is 9.99. The second-order valence-corrected chi connectivity index (χ2v) is 7.08. The second kappa shape index (κ2) is 5.53. The standard InChI is InChI=1S/C21H19FN4/c1-12-8-15(9-13(2)19(12)22)20-21(26-7-3-4-18(26)24-20)14-5-6-17-16(10-14)11-23-25-17/h5-6,8-11H,3-4,7H2,1-2H3,(H,23,25). The third kappa shape index (κ3) is 2.20. The lowest BCUT2D eigenvalue weighted by molar-refractivity contribution is 0.609. The largest absolute Gasteiger partial charge is 0.327 e. The summed E-state index contributed by atoms with van der Waals surface area (Å²) in [5, 5.41) is 8.20. The minimum absolute atomic E-state index is 0.137. The minimum atomic E-state index is -0.137. The molecule has 0 aliphatic carbocycles. The topological polar surface area (TPSA) is 46.5 Å². The Bertz CT molecular complexity index is 1130. The van der Waals surface area contributed by atoms with Crippen LogP contribution in [0.4, 0.5) is 4.39 Å². The number of halogens is 1. The molecule has 2 aromatic heterocycles. The van der Waals surface area contributed by atoms with Crippen molar-refractivity contribution in [3.8, 4) is 22.5 Å².